The molecule has 0 fully saturated rings. The number of aromatic hydroxyl groups is 1. The fraction of sp³-hybridized carbons (Fsp3) is 0.465. The van der Waals surface area contributed by atoms with Crippen molar-refractivity contribution in [2.24, 2.45) is 34.8 Å². The number of aromatic amines is 2. The lowest BCUT2D eigenvalue weighted by Crippen LogP contribution is -2.62. The van der Waals surface area contributed by atoms with Gasteiger partial charge in [-0.25, -0.2) is 4.98 Å². The molecule has 109 heavy (non-hydrogen) atoms. The van der Waals surface area contributed by atoms with E-state index < -0.39 is 205 Å². The van der Waals surface area contributed by atoms with E-state index in [0.717, 1.165) is 17.8 Å². The van der Waals surface area contributed by atoms with Gasteiger partial charge in [0.1, 0.15) is 78.3 Å². The lowest BCUT2D eigenvalue weighted by Gasteiger charge is -2.29. The van der Waals surface area contributed by atoms with Crippen LogP contribution in [0, 0.1) is 11.8 Å². The summed E-state index contributed by atoms with van der Waals surface area (Å²) in [6.07, 6.45) is 2.30. The third kappa shape index (κ3) is 28.3. The number of H-pyrrole nitrogens is 2. The molecule has 0 saturated carbocycles. The molecule has 0 unspecified atom stereocenters. The molecule has 592 valence electrons. The van der Waals surface area contributed by atoms with Crippen LogP contribution in [-0.4, -0.2) is 217 Å². The van der Waals surface area contributed by atoms with Gasteiger partial charge >= 0.3 is 0 Å². The molecule has 25 N–H and O–H groups in total. The molecule has 5 aromatic rings. The number of aliphatic hydroxyl groups excluding tert-OH is 2. The number of thiol groups is 1. The highest BCUT2D eigenvalue weighted by molar-refractivity contribution is 7.80. The second-order valence-electron chi connectivity index (χ2n) is 26.4. The highest BCUT2D eigenvalue weighted by Gasteiger charge is 2.39. The third-order valence-corrected chi connectivity index (χ3v) is 17.9. The van der Waals surface area contributed by atoms with Crippen LogP contribution in [0.2, 0.25) is 0 Å². The van der Waals surface area contributed by atoms with E-state index >= 15 is 0 Å². The Morgan fingerprint density at radius 2 is 0.917 bits per heavy atom. The summed E-state index contributed by atoms with van der Waals surface area (Å²) in [5, 5.41) is 61.3. The van der Waals surface area contributed by atoms with Gasteiger partial charge < -0.3 is 112 Å². The molecular formula is C71H99N19O18S. The third-order valence-electron chi connectivity index (χ3n) is 17.5. The molecule has 3 aromatic carbocycles. The van der Waals surface area contributed by atoms with Gasteiger partial charge in [-0.1, -0.05) is 94.8 Å². The van der Waals surface area contributed by atoms with E-state index in [4.69, 9.17) is 22.9 Å². The van der Waals surface area contributed by atoms with Crippen molar-refractivity contribution in [3.63, 3.8) is 0 Å². The molecule has 0 spiro atoms. The van der Waals surface area contributed by atoms with Crippen LogP contribution in [0.15, 0.2) is 97.6 Å². The number of nitrogens with two attached hydrogens (primary N) is 4. The summed E-state index contributed by atoms with van der Waals surface area (Å²) < 4.78 is 0. The summed E-state index contributed by atoms with van der Waals surface area (Å²) in [5.41, 5.74) is 25.2. The fourth-order valence-corrected chi connectivity index (χ4v) is 11.5. The van der Waals surface area contributed by atoms with Gasteiger partial charge in [-0.2, -0.15) is 12.6 Å². The Bertz CT molecular complexity index is 3960. The number of fused-ring (bicyclic) bond motifs is 1. The lowest BCUT2D eigenvalue weighted by atomic mass is 9.96. The second kappa shape index (κ2) is 43.9. The first kappa shape index (κ1) is 88.1. The first-order valence-corrected chi connectivity index (χ1v) is 35.8. The van der Waals surface area contributed by atoms with Crippen LogP contribution < -0.4 is 86.7 Å². The number of rotatable bonds is 46. The average Bonchev–Trinajstić information content (AvgIpc) is 1.76. The SMILES string of the molecule is CC[C@H](C)[C@H](NC(=O)[C@H](CC(N)=O)NC(=O)[C@H](CO)NC(=O)[C@H](Cc1ccccc1)NC(=O)[C@H](Cc1ccc(O)cc1)NC(=O)[C@H](CS)NC(=O)[C@H](CCCCN)NC(=O)[C@H](CC(N)=O)NC(=O)[C@H](CO)NC(=O)[C@@H](NC(C)=O)C(C)C)C(=O)N[C@@H](Cc1cnc[nH]1)C(=O)N[C@@H](Cc1c[nH]c2ccccc12)C(N)=O. The molecule has 0 radical (unpaired) electrons. The van der Waals surface area contributed by atoms with Gasteiger partial charge in [-0.3, -0.25) is 71.9 Å². The van der Waals surface area contributed by atoms with Gasteiger partial charge in [0.15, 0.2) is 0 Å². The van der Waals surface area contributed by atoms with E-state index in [1.54, 1.807) is 70.3 Å². The van der Waals surface area contributed by atoms with E-state index in [0.29, 0.717) is 28.8 Å². The lowest BCUT2D eigenvalue weighted by molar-refractivity contribution is -0.137. The van der Waals surface area contributed by atoms with Crippen molar-refractivity contribution >= 4 is 112 Å². The van der Waals surface area contributed by atoms with Crippen molar-refractivity contribution in [2.75, 3.05) is 25.5 Å². The Balaban J connectivity index is 1.36. The molecule has 0 saturated heterocycles. The van der Waals surface area contributed by atoms with Gasteiger partial charge in [-0.15, -0.1) is 0 Å². The van der Waals surface area contributed by atoms with Gasteiger partial charge in [0.25, 0.3) is 0 Å². The quantitative estimate of drug-likeness (QED) is 0.0128. The van der Waals surface area contributed by atoms with Crippen LogP contribution in [0.5, 0.6) is 5.75 Å². The maximum absolute atomic E-state index is 14.8. The van der Waals surface area contributed by atoms with Crippen LogP contribution in [-0.2, 0) is 97.6 Å². The molecule has 0 aliphatic carbocycles. The number of hydrogen-bond acceptors (Lipinski definition) is 21. The summed E-state index contributed by atoms with van der Waals surface area (Å²) in [5.74, 6) is -17.2. The Kier molecular flexibility index (Phi) is 35.5. The first-order valence-electron chi connectivity index (χ1n) is 35.1. The van der Waals surface area contributed by atoms with Crippen molar-refractivity contribution in [1.29, 1.82) is 0 Å². The second-order valence-corrected chi connectivity index (χ2v) is 26.8. The van der Waals surface area contributed by atoms with Crippen LogP contribution in [0.4, 0.5) is 0 Å². The Labute approximate surface area is 632 Å². The number of nitrogens with zero attached hydrogens (tertiary/aromatic N) is 1. The first-order chi connectivity index (χ1) is 51.8. The largest absolute Gasteiger partial charge is 0.508 e. The number of benzene rings is 3. The van der Waals surface area contributed by atoms with Gasteiger partial charge in [0, 0.05) is 67.4 Å². The number of phenolic OH excluding ortho intramolecular Hbond substituents is 1. The molecule has 37 nitrogen and oxygen atoms in total. The topological polar surface area (TPSA) is 610 Å². The van der Waals surface area contributed by atoms with Crippen LogP contribution in [0.25, 0.3) is 10.9 Å². The molecule has 38 heteroatoms. The maximum atomic E-state index is 14.8. The predicted octanol–water partition coefficient (Wildman–Crippen LogP) is -5.31. The average molecular weight is 1540 g/mol. The summed E-state index contributed by atoms with van der Waals surface area (Å²) in [6, 6.07) is 1.49. The van der Waals surface area contributed by atoms with Gasteiger partial charge in [0.2, 0.25) is 88.6 Å². The fourth-order valence-electron chi connectivity index (χ4n) is 11.3. The van der Waals surface area contributed by atoms with E-state index in [1.807, 2.05) is 18.2 Å². The molecule has 0 aliphatic heterocycles. The minimum absolute atomic E-state index is 0.0341. The number of primary amides is 3. The van der Waals surface area contributed by atoms with Crippen LogP contribution in [0.3, 0.4) is 0 Å². The smallest absolute Gasteiger partial charge is 0.245 e. The normalized spacial score (nSPS) is 14.7. The number of amides is 15. The number of phenols is 1. The van der Waals surface area contributed by atoms with Crippen LogP contribution in [0.1, 0.15) is 95.5 Å². The molecule has 15 amide bonds. The minimum Gasteiger partial charge on any atom is -0.508 e. The molecular weight excluding hydrogens is 1440 g/mol. The summed E-state index contributed by atoms with van der Waals surface area (Å²) in [7, 11) is 0. The molecule has 5 rings (SSSR count). The number of aliphatic hydroxyl groups is 2. The zero-order valence-corrected chi connectivity index (χ0v) is 61.8. The van der Waals surface area contributed by atoms with Crippen LogP contribution >= 0.6 is 12.6 Å². The van der Waals surface area contributed by atoms with Crippen molar-refractivity contribution in [2.45, 2.75) is 171 Å². The summed E-state index contributed by atoms with van der Waals surface area (Å²) >= 11 is 4.30. The summed E-state index contributed by atoms with van der Waals surface area (Å²) in [6.45, 7) is 5.61. The number of aromatic nitrogens is 3. The molecule has 0 bridgehead atoms. The number of para-hydroxylation sites is 1. The Hall–Kier alpha value is -11.5. The zero-order valence-electron chi connectivity index (χ0n) is 60.9. The molecule has 2 aromatic heterocycles. The van der Waals surface area contributed by atoms with E-state index in [-0.39, 0.29) is 57.2 Å². The predicted molar refractivity (Wildman–Crippen MR) is 397 cm³/mol. The number of imidazole rings is 1. The van der Waals surface area contributed by atoms with Crippen molar-refractivity contribution in [1.82, 2.24) is 78.8 Å². The molecule has 2 heterocycles. The van der Waals surface area contributed by atoms with Gasteiger partial charge in [0.05, 0.1) is 32.4 Å². The number of carbonyl (C=O) groups excluding carboxylic acids is 15. The van der Waals surface area contributed by atoms with Gasteiger partial charge in [-0.05, 0) is 72.5 Å². The van der Waals surface area contributed by atoms with E-state index in [2.05, 4.69) is 91.4 Å². The van der Waals surface area contributed by atoms with E-state index in [9.17, 15) is 87.2 Å². The van der Waals surface area contributed by atoms with E-state index in [1.165, 1.54) is 36.8 Å². The standard InChI is InChI=1S/C71H99N19O18S/c1-6-37(4)59(71(108)86-50(27-42-31-76-35-78-42)64(101)81-47(60(75)97)26-41-30-77-45-17-11-10-16-44(41)45)90-66(103)52(29-57(74)96)85-67(104)53(32-91)87-63(100)48(24-39-14-8-7-9-15-39)82-62(99)49(25-40-19-21-43(94)22-20-40)83-69(106)55(34-109)89-61(98)46(18-12-13-23-72)80-65(102)51(28-56(73)95)84-68(105)54(33-92)88-70(107)58(36(2)3)79-38(5)93/h7-11,14-17,19-22,30-31,35-37,46-55,58-59,77,91-92,94,109H,6,12-13,18,23-29,32-34,72H2,1-5H3,(H2,73,95)(H2,74,96)(H2,75,97)(H,76,78)(H,79,93)(H,80,102)(H,81,101)(H,82,99)(H,83,106)(H,84,105)(H,85,104)(H,86,108)(H,87,100)(H,88,107)(H,89,98)(H,90,103)/t37-,46-,47-,48-,49-,50-,51-,52-,53-,54-,55-,58-,59-/m0/s1. The van der Waals surface area contributed by atoms with Crippen molar-refractivity contribution < 1.29 is 87.2 Å². The molecule has 13 atom stereocenters. The summed E-state index contributed by atoms with van der Waals surface area (Å²) in [4.78, 5) is 216. The highest BCUT2D eigenvalue weighted by atomic mass is 32.1. The minimum atomic E-state index is -1.95. The monoisotopic (exact) mass is 1540 g/mol. The van der Waals surface area contributed by atoms with Crippen molar-refractivity contribution in [3.8, 4) is 5.75 Å². The maximum Gasteiger partial charge on any atom is 0.245 e. The Morgan fingerprint density at radius 1 is 0.477 bits per heavy atom. The zero-order chi connectivity index (χ0) is 80.6. The highest BCUT2D eigenvalue weighted by Crippen LogP contribution is 2.21. The number of hydrogen-bond donors (Lipinski definition) is 22. The number of nitrogens with one attached hydrogen (secondary N) is 14. The Morgan fingerprint density at radius 3 is 1.42 bits per heavy atom. The van der Waals surface area contributed by atoms with Crippen molar-refractivity contribution in [3.05, 3.63) is 120 Å². The number of unbranched alkanes of at least 4 members (excludes halogenated alkanes) is 1. The number of carbonyl (C=O) groups is 15. The molecule has 0 aliphatic rings.